The third kappa shape index (κ3) is 3.47. The SMILES string of the molecule is O=C(Nc1ccc(N2CCCC2=O)cc1)C1CC(=O)N(c2ccccc2F)C1. The Morgan fingerprint density at radius 2 is 1.75 bits per heavy atom. The van der Waals surface area contributed by atoms with Crippen molar-refractivity contribution in [2.45, 2.75) is 19.3 Å². The Hall–Kier alpha value is -3.22. The van der Waals surface area contributed by atoms with Crippen LogP contribution in [0.2, 0.25) is 0 Å². The van der Waals surface area contributed by atoms with Gasteiger partial charge in [-0.1, -0.05) is 12.1 Å². The summed E-state index contributed by atoms with van der Waals surface area (Å²) >= 11 is 0. The number of amides is 3. The highest BCUT2D eigenvalue weighted by molar-refractivity contribution is 6.03. The summed E-state index contributed by atoms with van der Waals surface area (Å²) in [5, 5.41) is 2.81. The van der Waals surface area contributed by atoms with Gasteiger partial charge in [0.2, 0.25) is 17.7 Å². The minimum atomic E-state index is -0.549. The zero-order chi connectivity index (χ0) is 19.7. The van der Waals surface area contributed by atoms with Crippen molar-refractivity contribution in [1.29, 1.82) is 0 Å². The van der Waals surface area contributed by atoms with Crippen LogP contribution >= 0.6 is 0 Å². The number of hydrogen-bond acceptors (Lipinski definition) is 3. The van der Waals surface area contributed by atoms with E-state index < -0.39 is 11.7 Å². The fourth-order valence-electron chi connectivity index (χ4n) is 3.68. The quantitative estimate of drug-likeness (QED) is 0.885. The van der Waals surface area contributed by atoms with Crippen LogP contribution in [0.5, 0.6) is 0 Å². The molecule has 0 saturated carbocycles. The normalized spacial score (nSPS) is 19.4. The minimum Gasteiger partial charge on any atom is -0.326 e. The minimum absolute atomic E-state index is 0.0422. The van der Waals surface area contributed by atoms with Crippen molar-refractivity contribution < 1.29 is 18.8 Å². The Kier molecular flexibility index (Phi) is 4.81. The maximum atomic E-state index is 14.0. The number of anilines is 3. The third-order valence-electron chi connectivity index (χ3n) is 5.16. The van der Waals surface area contributed by atoms with Gasteiger partial charge in [0.15, 0.2) is 0 Å². The average Bonchev–Trinajstić information content (AvgIpc) is 3.29. The fraction of sp³-hybridized carbons (Fsp3) is 0.286. The number of halogens is 1. The lowest BCUT2D eigenvalue weighted by atomic mass is 10.1. The van der Waals surface area contributed by atoms with Crippen molar-refractivity contribution in [2.24, 2.45) is 5.92 Å². The van der Waals surface area contributed by atoms with Crippen LogP contribution in [-0.4, -0.2) is 30.8 Å². The van der Waals surface area contributed by atoms with E-state index in [-0.39, 0.29) is 36.4 Å². The Balaban J connectivity index is 1.41. The number of carbonyl (C=O) groups is 3. The summed E-state index contributed by atoms with van der Waals surface area (Å²) in [6.07, 6.45) is 1.46. The van der Waals surface area contributed by atoms with Gasteiger partial charge in [0.25, 0.3) is 0 Å². The topological polar surface area (TPSA) is 69.7 Å². The summed E-state index contributed by atoms with van der Waals surface area (Å²) in [4.78, 5) is 39.7. The lowest BCUT2D eigenvalue weighted by Crippen LogP contribution is -2.28. The first-order valence-electron chi connectivity index (χ1n) is 9.29. The molecular weight excluding hydrogens is 361 g/mol. The van der Waals surface area contributed by atoms with E-state index in [2.05, 4.69) is 5.32 Å². The van der Waals surface area contributed by atoms with E-state index in [4.69, 9.17) is 0 Å². The van der Waals surface area contributed by atoms with Crippen LogP contribution in [0, 0.1) is 11.7 Å². The van der Waals surface area contributed by atoms with E-state index in [1.54, 1.807) is 41.3 Å². The molecule has 28 heavy (non-hydrogen) atoms. The lowest BCUT2D eigenvalue weighted by Gasteiger charge is -2.18. The van der Waals surface area contributed by atoms with Crippen molar-refractivity contribution in [2.75, 3.05) is 28.2 Å². The smallest absolute Gasteiger partial charge is 0.229 e. The molecule has 1 unspecified atom stereocenters. The van der Waals surface area contributed by atoms with Crippen LogP contribution in [0.25, 0.3) is 0 Å². The molecule has 0 spiro atoms. The Bertz CT molecular complexity index is 929. The van der Waals surface area contributed by atoms with E-state index in [9.17, 15) is 18.8 Å². The van der Waals surface area contributed by atoms with Crippen LogP contribution in [0.1, 0.15) is 19.3 Å². The summed E-state index contributed by atoms with van der Waals surface area (Å²) in [7, 11) is 0. The van der Waals surface area contributed by atoms with Crippen molar-refractivity contribution >= 4 is 34.8 Å². The highest BCUT2D eigenvalue weighted by Crippen LogP contribution is 2.28. The standard InChI is InChI=1S/C21H20FN3O3/c22-17-4-1-2-5-18(17)25-13-14(12-20(25)27)21(28)23-15-7-9-16(10-8-15)24-11-3-6-19(24)26/h1-2,4-5,7-10,14H,3,6,11-13H2,(H,23,28). The van der Waals surface area contributed by atoms with Crippen LogP contribution in [0.3, 0.4) is 0 Å². The molecule has 2 aliphatic rings. The molecule has 0 aromatic heterocycles. The van der Waals surface area contributed by atoms with Gasteiger partial charge in [-0.2, -0.15) is 0 Å². The van der Waals surface area contributed by atoms with Gasteiger partial charge in [0, 0.05) is 37.3 Å². The molecule has 1 N–H and O–H groups in total. The zero-order valence-electron chi connectivity index (χ0n) is 15.2. The first-order valence-corrected chi connectivity index (χ1v) is 9.29. The average molecular weight is 381 g/mol. The van der Waals surface area contributed by atoms with E-state index in [0.29, 0.717) is 18.7 Å². The van der Waals surface area contributed by atoms with Gasteiger partial charge < -0.3 is 15.1 Å². The van der Waals surface area contributed by atoms with Crippen LogP contribution in [-0.2, 0) is 14.4 Å². The molecule has 2 aromatic carbocycles. The van der Waals surface area contributed by atoms with Crippen LogP contribution in [0.15, 0.2) is 48.5 Å². The molecule has 6 nitrogen and oxygen atoms in total. The van der Waals surface area contributed by atoms with Crippen molar-refractivity contribution in [3.05, 3.63) is 54.3 Å². The molecule has 3 amide bonds. The molecule has 7 heteroatoms. The predicted octanol–water partition coefficient (Wildman–Crippen LogP) is 2.94. The number of hydrogen-bond donors (Lipinski definition) is 1. The molecule has 2 aromatic rings. The predicted molar refractivity (Wildman–Crippen MR) is 104 cm³/mol. The lowest BCUT2D eigenvalue weighted by molar-refractivity contribution is -0.122. The van der Waals surface area contributed by atoms with Crippen molar-refractivity contribution in [3.8, 4) is 0 Å². The number of para-hydroxylation sites is 1. The van der Waals surface area contributed by atoms with Gasteiger partial charge >= 0.3 is 0 Å². The molecular formula is C21H20FN3O3. The van der Waals surface area contributed by atoms with Gasteiger partial charge in [-0.15, -0.1) is 0 Å². The number of benzene rings is 2. The van der Waals surface area contributed by atoms with E-state index >= 15 is 0 Å². The van der Waals surface area contributed by atoms with E-state index in [1.165, 1.54) is 17.0 Å². The Labute approximate surface area is 161 Å². The van der Waals surface area contributed by atoms with Crippen molar-refractivity contribution in [1.82, 2.24) is 0 Å². The van der Waals surface area contributed by atoms with Gasteiger partial charge in [0.05, 0.1) is 11.6 Å². The number of rotatable bonds is 4. The molecule has 4 rings (SSSR count). The maximum absolute atomic E-state index is 14.0. The fourth-order valence-corrected chi connectivity index (χ4v) is 3.68. The summed E-state index contributed by atoms with van der Waals surface area (Å²) < 4.78 is 14.0. The monoisotopic (exact) mass is 381 g/mol. The van der Waals surface area contributed by atoms with Crippen LogP contribution < -0.4 is 15.1 Å². The number of carbonyl (C=O) groups excluding carboxylic acids is 3. The summed E-state index contributed by atoms with van der Waals surface area (Å²) in [5.74, 6) is -1.48. The summed E-state index contributed by atoms with van der Waals surface area (Å²) in [5.41, 5.74) is 1.60. The Morgan fingerprint density at radius 3 is 2.43 bits per heavy atom. The molecule has 2 saturated heterocycles. The first kappa shape index (κ1) is 18.2. The highest BCUT2D eigenvalue weighted by atomic mass is 19.1. The molecule has 2 aliphatic heterocycles. The molecule has 0 radical (unpaired) electrons. The number of nitrogens with zero attached hydrogens (tertiary/aromatic N) is 2. The Morgan fingerprint density at radius 1 is 1.00 bits per heavy atom. The maximum Gasteiger partial charge on any atom is 0.229 e. The van der Waals surface area contributed by atoms with Gasteiger partial charge in [-0.05, 0) is 42.8 Å². The summed E-state index contributed by atoms with van der Waals surface area (Å²) in [6.45, 7) is 0.854. The number of nitrogens with one attached hydrogen (secondary N) is 1. The molecule has 0 aliphatic carbocycles. The molecule has 144 valence electrons. The van der Waals surface area contributed by atoms with Gasteiger partial charge in [0.1, 0.15) is 5.82 Å². The van der Waals surface area contributed by atoms with Crippen molar-refractivity contribution in [3.63, 3.8) is 0 Å². The highest BCUT2D eigenvalue weighted by Gasteiger charge is 2.36. The summed E-state index contributed by atoms with van der Waals surface area (Å²) in [6, 6.07) is 13.1. The van der Waals surface area contributed by atoms with E-state index in [1.807, 2.05) is 0 Å². The first-order chi connectivity index (χ1) is 13.5. The van der Waals surface area contributed by atoms with E-state index in [0.717, 1.165) is 12.1 Å². The molecule has 0 bridgehead atoms. The third-order valence-corrected chi connectivity index (χ3v) is 5.16. The molecule has 1 atom stereocenters. The second kappa shape index (κ2) is 7.42. The second-order valence-corrected chi connectivity index (χ2v) is 7.04. The van der Waals surface area contributed by atoms with Gasteiger partial charge in [-0.3, -0.25) is 14.4 Å². The molecule has 2 fully saturated rings. The largest absolute Gasteiger partial charge is 0.326 e. The zero-order valence-corrected chi connectivity index (χ0v) is 15.2. The second-order valence-electron chi connectivity index (χ2n) is 7.04. The van der Waals surface area contributed by atoms with Gasteiger partial charge in [-0.25, -0.2) is 4.39 Å². The molecule has 2 heterocycles. The van der Waals surface area contributed by atoms with Crippen LogP contribution in [0.4, 0.5) is 21.5 Å².